The van der Waals surface area contributed by atoms with Crippen molar-refractivity contribution in [3.05, 3.63) is 29.8 Å². The molecule has 0 saturated heterocycles. The van der Waals surface area contributed by atoms with Gasteiger partial charge in [-0.05, 0) is 75.3 Å². The van der Waals surface area contributed by atoms with Crippen molar-refractivity contribution < 1.29 is 31.8 Å². The Morgan fingerprint density at radius 1 is 0.968 bits per heavy atom. The zero-order valence-electron chi connectivity index (χ0n) is 17.9. The number of benzene rings is 1. The maximum absolute atomic E-state index is 12.8. The fraction of sp³-hybridized carbons (Fsp3) is 0.714. The second kappa shape index (κ2) is 11.6. The molecule has 2 rings (SSSR count). The number of sulfonamides is 1. The fourth-order valence-electron chi connectivity index (χ4n) is 4.20. The normalized spacial score (nSPS) is 20.5. The number of hydrogen-bond acceptors (Lipinski definition) is 5. The molecule has 0 amide bonds. The third kappa shape index (κ3) is 7.42. The number of aliphatic hydroxyl groups excluding tert-OH is 2. The van der Waals surface area contributed by atoms with E-state index in [0.717, 1.165) is 69.3 Å². The second-order valence-electron chi connectivity index (χ2n) is 8.15. The first-order chi connectivity index (χ1) is 14.6. The second-order valence-corrected chi connectivity index (χ2v) is 10.1. The average molecular weight is 467 g/mol. The van der Waals surface area contributed by atoms with E-state index in [9.17, 15) is 21.6 Å². The van der Waals surface area contributed by atoms with Crippen LogP contribution in [0, 0.1) is 5.92 Å². The first-order valence-electron chi connectivity index (χ1n) is 10.7. The highest BCUT2D eigenvalue weighted by Gasteiger charge is 2.33. The van der Waals surface area contributed by atoms with Crippen LogP contribution in [-0.4, -0.2) is 73.8 Å². The van der Waals surface area contributed by atoms with Crippen molar-refractivity contribution in [1.82, 2.24) is 9.21 Å². The van der Waals surface area contributed by atoms with Crippen LogP contribution in [0.2, 0.25) is 0 Å². The van der Waals surface area contributed by atoms with Crippen molar-refractivity contribution in [2.75, 3.05) is 39.9 Å². The van der Waals surface area contributed by atoms with Crippen LogP contribution in [0.1, 0.15) is 44.1 Å². The summed E-state index contributed by atoms with van der Waals surface area (Å²) in [5, 5.41) is 18.1. The van der Waals surface area contributed by atoms with Crippen molar-refractivity contribution in [2.45, 2.75) is 55.6 Å². The van der Waals surface area contributed by atoms with Gasteiger partial charge in [-0.15, -0.1) is 0 Å². The van der Waals surface area contributed by atoms with E-state index in [0.29, 0.717) is 19.0 Å². The first kappa shape index (κ1) is 26.1. The molecule has 1 saturated carbocycles. The lowest BCUT2D eigenvalue weighted by molar-refractivity contribution is -0.137. The molecule has 31 heavy (non-hydrogen) atoms. The maximum atomic E-state index is 12.8. The van der Waals surface area contributed by atoms with Gasteiger partial charge in [0.15, 0.2) is 0 Å². The smallest absolute Gasteiger partial charge is 0.395 e. The number of hydrogen-bond donors (Lipinski definition) is 2. The van der Waals surface area contributed by atoms with Crippen LogP contribution in [0.5, 0.6) is 0 Å². The highest BCUT2D eigenvalue weighted by Crippen LogP contribution is 2.33. The summed E-state index contributed by atoms with van der Waals surface area (Å²) in [5.74, 6) is 0.503. The third-order valence-corrected chi connectivity index (χ3v) is 8.03. The van der Waals surface area contributed by atoms with Gasteiger partial charge in [0, 0.05) is 26.2 Å². The zero-order valence-corrected chi connectivity index (χ0v) is 18.7. The summed E-state index contributed by atoms with van der Waals surface area (Å²) in [7, 11) is -2.35. The first-order valence-corrected chi connectivity index (χ1v) is 12.1. The minimum absolute atomic E-state index is 0.0604. The predicted octanol–water partition coefficient (Wildman–Crippen LogP) is 2.95. The monoisotopic (exact) mass is 466 g/mol. The van der Waals surface area contributed by atoms with Gasteiger partial charge in [-0.25, -0.2) is 8.42 Å². The van der Waals surface area contributed by atoms with Crippen molar-refractivity contribution >= 4 is 10.0 Å². The SMILES string of the molecule is CN([C@H]1CC[C@H](CCCN(CCO)CCO)CC1)S(=O)(=O)c1ccc(C(F)(F)F)cc1. The molecule has 0 aromatic heterocycles. The molecule has 0 spiro atoms. The molecule has 2 N–H and O–H groups in total. The summed E-state index contributed by atoms with van der Waals surface area (Å²) in [6.07, 6.45) is 0.704. The van der Waals surface area contributed by atoms with Gasteiger partial charge < -0.3 is 10.2 Å². The molecule has 1 aromatic carbocycles. The molecule has 1 aliphatic rings. The van der Waals surface area contributed by atoms with Gasteiger partial charge in [-0.2, -0.15) is 17.5 Å². The molecule has 1 aromatic rings. The third-order valence-electron chi connectivity index (χ3n) is 6.11. The van der Waals surface area contributed by atoms with E-state index in [-0.39, 0.29) is 24.2 Å². The van der Waals surface area contributed by atoms with Crippen LogP contribution in [0.4, 0.5) is 13.2 Å². The van der Waals surface area contributed by atoms with E-state index in [1.807, 2.05) is 4.90 Å². The van der Waals surface area contributed by atoms with Crippen LogP contribution >= 0.6 is 0 Å². The molecule has 0 aliphatic heterocycles. The number of nitrogens with zero attached hydrogens (tertiary/aromatic N) is 2. The van der Waals surface area contributed by atoms with Crippen molar-refractivity contribution in [3.63, 3.8) is 0 Å². The number of halogens is 3. The van der Waals surface area contributed by atoms with E-state index in [4.69, 9.17) is 10.2 Å². The van der Waals surface area contributed by atoms with E-state index in [2.05, 4.69) is 0 Å². The Hall–Kier alpha value is -1.20. The topological polar surface area (TPSA) is 81.1 Å². The van der Waals surface area contributed by atoms with Gasteiger partial charge >= 0.3 is 6.18 Å². The Kier molecular flexibility index (Phi) is 9.75. The van der Waals surface area contributed by atoms with E-state index in [1.165, 1.54) is 11.4 Å². The van der Waals surface area contributed by atoms with E-state index < -0.39 is 21.8 Å². The highest BCUT2D eigenvalue weighted by atomic mass is 32.2. The summed E-state index contributed by atoms with van der Waals surface area (Å²) < 4.78 is 65.2. The molecule has 6 nitrogen and oxygen atoms in total. The van der Waals surface area contributed by atoms with Gasteiger partial charge in [0.25, 0.3) is 0 Å². The van der Waals surface area contributed by atoms with Gasteiger partial charge in [0.2, 0.25) is 10.0 Å². The molecule has 0 heterocycles. The Labute approximate surface area is 182 Å². The highest BCUT2D eigenvalue weighted by molar-refractivity contribution is 7.89. The molecule has 1 aliphatic carbocycles. The average Bonchev–Trinajstić information content (AvgIpc) is 2.73. The minimum atomic E-state index is -4.50. The van der Waals surface area contributed by atoms with Crippen LogP contribution < -0.4 is 0 Å². The standard InChI is InChI=1S/C21H33F3N2O4S/c1-25(31(29,30)20-10-6-18(7-11-20)21(22,23)24)19-8-4-17(5-9-19)3-2-12-26(13-15-27)14-16-28/h6-7,10-11,17,19,27-28H,2-5,8-9,12-16H2,1H3/t17-,19-. The van der Waals surface area contributed by atoms with Gasteiger partial charge in [-0.1, -0.05) is 0 Å². The number of alkyl halides is 3. The van der Waals surface area contributed by atoms with Gasteiger partial charge in [0.1, 0.15) is 0 Å². The molecule has 0 atom stereocenters. The largest absolute Gasteiger partial charge is 0.416 e. The summed E-state index contributed by atoms with van der Waals surface area (Å²) in [6.45, 7) is 2.01. The van der Waals surface area contributed by atoms with E-state index >= 15 is 0 Å². The lowest BCUT2D eigenvalue weighted by Crippen LogP contribution is -2.39. The van der Waals surface area contributed by atoms with Crippen LogP contribution in [-0.2, 0) is 16.2 Å². The molecule has 0 radical (unpaired) electrons. The molecular formula is C21H33F3N2O4S. The summed E-state index contributed by atoms with van der Waals surface area (Å²) in [4.78, 5) is 1.90. The number of aliphatic hydroxyl groups is 2. The van der Waals surface area contributed by atoms with Crippen LogP contribution in [0.15, 0.2) is 29.2 Å². The molecule has 178 valence electrons. The molecule has 0 bridgehead atoms. The number of rotatable bonds is 11. The predicted molar refractivity (Wildman–Crippen MR) is 112 cm³/mol. The zero-order chi connectivity index (χ0) is 23.1. The van der Waals surface area contributed by atoms with Crippen molar-refractivity contribution in [1.29, 1.82) is 0 Å². The Bertz CT molecular complexity index is 758. The minimum Gasteiger partial charge on any atom is -0.395 e. The van der Waals surface area contributed by atoms with Crippen LogP contribution in [0.25, 0.3) is 0 Å². The maximum Gasteiger partial charge on any atom is 0.416 e. The Morgan fingerprint density at radius 2 is 1.52 bits per heavy atom. The molecule has 1 fully saturated rings. The lowest BCUT2D eigenvalue weighted by atomic mass is 9.83. The summed E-state index contributed by atoms with van der Waals surface area (Å²) in [5.41, 5.74) is -0.869. The Morgan fingerprint density at radius 3 is 2.00 bits per heavy atom. The van der Waals surface area contributed by atoms with Gasteiger partial charge in [0.05, 0.1) is 23.7 Å². The van der Waals surface area contributed by atoms with E-state index in [1.54, 1.807) is 0 Å². The molecular weight excluding hydrogens is 433 g/mol. The fourth-order valence-corrected chi connectivity index (χ4v) is 5.61. The summed E-state index contributed by atoms with van der Waals surface area (Å²) in [6, 6.07) is 3.47. The summed E-state index contributed by atoms with van der Waals surface area (Å²) >= 11 is 0. The lowest BCUT2D eigenvalue weighted by Gasteiger charge is -2.34. The molecule has 10 heteroatoms. The van der Waals surface area contributed by atoms with Crippen LogP contribution in [0.3, 0.4) is 0 Å². The van der Waals surface area contributed by atoms with Gasteiger partial charge in [-0.3, -0.25) is 4.90 Å². The van der Waals surface area contributed by atoms with Crippen molar-refractivity contribution in [3.8, 4) is 0 Å². The Balaban J connectivity index is 1.86. The molecule has 0 unspecified atom stereocenters. The quantitative estimate of drug-likeness (QED) is 0.524. The van der Waals surface area contributed by atoms with Crippen molar-refractivity contribution in [2.24, 2.45) is 5.92 Å².